The molecule has 2 saturated carbocycles. The van der Waals surface area contributed by atoms with Crippen molar-refractivity contribution in [1.82, 2.24) is 5.32 Å². The number of fused-ring (bicyclic) bond motifs is 1. The minimum absolute atomic E-state index is 0.0149. The van der Waals surface area contributed by atoms with Crippen LogP contribution < -0.4 is 10.1 Å². The standard InChI is InChI=1S/C27H36F3NO/c1-5-18-6-11-21(12-7-18)32-23-13-10-19-8-9-20(16-22(19)25(23)27(28,29)30)17(2)31-24-14-15-26(24,3)4/h8-10,13,16-18,21,24,31H,5-7,11-12,14-15H2,1-4H3/t17?,18?,21?,24-/m0/s1. The first kappa shape index (κ1) is 23.4. The van der Waals surface area contributed by atoms with Crippen LogP contribution in [0.15, 0.2) is 30.3 Å². The van der Waals surface area contributed by atoms with Gasteiger partial charge in [0.15, 0.2) is 0 Å². The van der Waals surface area contributed by atoms with E-state index in [2.05, 4.69) is 26.1 Å². The highest BCUT2D eigenvalue weighted by Gasteiger charge is 2.40. The molecule has 0 spiro atoms. The van der Waals surface area contributed by atoms with E-state index in [1.165, 1.54) is 12.5 Å². The second-order valence-corrected chi connectivity index (χ2v) is 10.6. The van der Waals surface area contributed by atoms with Gasteiger partial charge in [0.25, 0.3) is 0 Å². The molecule has 2 aromatic rings. The molecule has 2 aromatic carbocycles. The van der Waals surface area contributed by atoms with Crippen LogP contribution in [0.2, 0.25) is 0 Å². The van der Waals surface area contributed by atoms with Gasteiger partial charge in [-0.2, -0.15) is 13.2 Å². The summed E-state index contributed by atoms with van der Waals surface area (Å²) in [5.41, 5.74) is 0.483. The predicted octanol–water partition coefficient (Wildman–Crippen LogP) is 8.05. The largest absolute Gasteiger partial charge is 0.490 e. The lowest BCUT2D eigenvalue weighted by atomic mass is 9.67. The lowest BCUT2D eigenvalue weighted by Gasteiger charge is -2.46. The highest BCUT2D eigenvalue weighted by molar-refractivity contribution is 5.89. The van der Waals surface area contributed by atoms with E-state index in [1.807, 2.05) is 13.0 Å². The predicted molar refractivity (Wildman–Crippen MR) is 124 cm³/mol. The van der Waals surface area contributed by atoms with Crippen LogP contribution in [0.4, 0.5) is 13.2 Å². The smallest absolute Gasteiger partial charge is 0.420 e. The SMILES string of the molecule is CCC1CCC(Oc2ccc3ccc(C(C)N[C@H]4CCC4(C)C)cc3c2C(F)(F)F)CC1. The zero-order chi connectivity index (χ0) is 23.1. The Balaban J connectivity index is 1.63. The van der Waals surface area contributed by atoms with E-state index in [9.17, 15) is 13.2 Å². The molecular formula is C27H36F3NO. The lowest BCUT2D eigenvalue weighted by molar-refractivity contribution is -0.138. The minimum Gasteiger partial charge on any atom is -0.490 e. The van der Waals surface area contributed by atoms with Gasteiger partial charge in [-0.3, -0.25) is 0 Å². The third-order valence-corrected chi connectivity index (χ3v) is 7.93. The first-order chi connectivity index (χ1) is 15.1. The van der Waals surface area contributed by atoms with E-state index >= 15 is 0 Å². The van der Waals surface area contributed by atoms with Gasteiger partial charge >= 0.3 is 6.18 Å². The van der Waals surface area contributed by atoms with Gasteiger partial charge < -0.3 is 10.1 Å². The van der Waals surface area contributed by atoms with Crippen molar-refractivity contribution in [3.8, 4) is 5.75 Å². The van der Waals surface area contributed by atoms with Crippen LogP contribution in [0, 0.1) is 11.3 Å². The second kappa shape index (κ2) is 8.89. The second-order valence-electron chi connectivity index (χ2n) is 10.6. The van der Waals surface area contributed by atoms with Gasteiger partial charge in [0, 0.05) is 12.1 Å². The Kier molecular flexibility index (Phi) is 6.50. The van der Waals surface area contributed by atoms with Crippen LogP contribution in [0.3, 0.4) is 0 Å². The van der Waals surface area contributed by atoms with E-state index in [0.717, 1.165) is 44.1 Å². The molecule has 176 valence electrons. The number of ether oxygens (including phenoxy) is 1. The number of benzene rings is 2. The van der Waals surface area contributed by atoms with E-state index < -0.39 is 11.7 Å². The molecule has 4 rings (SSSR count). The molecule has 2 atom stereocenters. The summed E-state index contributed by atoms with van der Waals surface area (Å²) in [5, 5.41) is 4.45. The molecule has 0 bridgehead atoms. The molecule has 32 heavy (non-hydrogen) atoms. The van der Waals surface area contributed by atoms with E-state index in [4.69, 9.17) is 4.74 Å². The van der Waals surface area contributed by atoms with Gasteiger partial charge in [-0.05, 0) is 85.3 Å². The Morgan fingerprint density at radius 2 is 1.75 bits per heavy atom. The topological polar surface area (TPSA) is 21.3 Å². The Labute approximate surface area is 189 Å². The molecule has 0 aliphatic heterocycles. The van der Waals surface area contributed by atoms with Gasteiger partial charge in [-0.1, -0.05) is 45.4 Å². The number of alkyl halides is 3. The molecule has 2 fully saturated rings. The third kappa shape index (κ3) is 4.78. The number of nitrogens with one attached hydrogen (secondary N) is 1. The number of hydrogen-bond donors (Lipinski definition) is 1. The van der Waals surface area contributed by atoms with Crippen molar-refractivity contribution in [1.29, 1.82) is 0 Å². The summed E-state index contributed by atoms with van der Waals surface area (Å²) in [6.07, 6.45) is 2.51. The number of hydrogen-bond acceptors (Lipinski definition) is 2. The van der Waals surface area contributed by atoms with Crippen molar-refractivity contribution >= 4 is 10.8 Å². The molecule has 0 amide bonds. The summed E-state index contributed by atoms with van der Waals surface area (Å²) in [6.45, 7) is 8.69. The Hall–Kier alpha value is -1.75. The highest BCUT2D eigenvalue weighted by Crippen LogP contribution is 2.44. The molecule has 0 radical (unpaired) electrons. The van der Waals surface area contributed by atoms with Crippen molar-refractivity contribution in [2.24, 2.45) is 11.3 Å². The fraction of sp³-hybridized carbons (Fsp3) is 0.630. The minimum atomic E-state index is -4.47. The molecule has 2 aliphatic rings. The Morgan fingerprint density at radius 1 is 1.06 bits per heavy atom. The van der Waals surface area contributed by atoms with Crippen molar-refractivity contribution in [3.05, 3.63) is 41.5 Å². The van der Waals surface area contributed by atoms with Crippen molar-refractivity contribution in [2.45, 2.75) is 97.0 Å². The summed E-state index contributed by atoms with van der Waals surface area (Å²) < 4.78 is 48.8. The summed E-state index contributed by atoms with van der Waals surface area (Å²) in [4.78, 5) is 0. The van der Waals surface area contributed by atoms with Crippen LogP contribution in [0.25, 0.3) is 10.8 Å². The summed E-state index contributed by atoms with van der Waals surface area (Å²) in [7, 11) is 0. The number of rotatable bonds is 6. The van der Waals surface area contributed by atoms with Gasteiger partial charge in [-0.15, -0.1) is 0 Å². The summed E-state index contributed by atoms with van der Waals surface area (Å²) >= 11 is 0. The van der Waals surface area contributed by atoms with Crippen molar-refractivity contribution < 1.29 is 17.9 Å². The highest BCUT2D eigenvalue weighted by atomic mass is 19.4. The molecule has 2 aliphatic carbocycles. The zero-order valence-electron chi connectivity index (χ0n) is 19.7. The molecule has 0 heterocycles. The van der Waals surface area contributed by atoms with Crippen molar-refractivity contribution in [3.63, 3.8) is 0 Å². The van der Waals surface area contributed by atoms with Gasteiger partial charge in [-0.25, -0.2) is 0 Å². The molecule has 2 nitrogen and oxygen atoms in total. The first-order valence-corrected chi connectivity index (χ1v) is 12.1. The van der Waals surface area contributed by atoms with Gasteiger partial charge in [0.05, 0.1) is 6.10 Å². The number of halogens is 3. The first-order valence-electron chi connectivity index (χ1n) is 12.1. The average Bonchev–Trinajstić information content (AvgIpc) is 2.75. The summed E-state index contributed by atoms with van der Waals surface area (Å²) in [5.74, 6) is 0.647. The maximum atomic E-state index is 14.3. The fourth-order valence-corrected chi connectivity index (χ4v) is 5.39. The van der Waals surface area contributed by atoms with Crippen LogP contribution in [-0.4, -0.2) is 12.1 Å². The van der Waals surface area contributed by atoms with E-state index in [0.29, 0.717) is 17.3 Å². The van der Waals surface area contributed by atoms with Crippen LogP contribution in [0.5, 0.6) is 5.75 Å². The maximum Gasteiger partial charge on any atom is 0.420 e. The molecule has 5 heteroatoms. The Morgan fingerprint density at radius 3 is 2.31 bits per heavy atom. The van der Waals surface area contributed by atoms with Gasteiger partial charge in [0.1, 0.15) is 11.3 Å². The molecule has 0 aromatic heterocycles. The Bertz CT molecular complexity index is 944. The average molecular weight is 448 g/mol. The van der Waals surface area contributed by atoms with E-state index in [-0.39, 0.29) is 28.7 Å². The zero-order valence-corrected chi connectivity index (χ0v) is 19.7. The van der Waals surface area contributed by atoms with Crippen LogP contribution in [0.1, 0.15) is 89.8 Å². The molecular weight excluding hydrogens is 411 g/mol. The van der Waals surface area contributed by atoms with Gasteiger partial charge in [0.2, 0.25) is 0 Å². The fourth-order valence-electron chi connectivity index (χ4n) is 5.39. The molecule has 0 saturated heterocycles. The van der Waals surface area contributed by atoms with Crippen molar-refractivity contribution in [2.75, 3.05) is 0 Å². The lowest BCUT2D eigenvalue weighted by Crippen LogP contribution is -2.50. The summed E-state index contributed by atoms with van der Waals surface area (Å²) in [6, 6.07) is 9.10. The third-order valence-electron chi connectivity index (χ3n) is 7.93. The van der Waals surface area contributed by atoms with E-state index in [1.54, 1.807) is 18.2 Å². The normalized spacial score (nSPS) is 26.5. The van der Waals surface area contributed by atoms with Crippen LogP contribution in [-0.2, 0) is 6.18 Å². The quantitative estimate of drug-likeness (QED) is 0.484. The maximum absolute atomic E-state index is 14.3. The molecule has 1 N–H and O–H groups in total. The molecule has 1 unspecified atom stereocenters. The van der Waals surface area contributed by atoms with Crippen LogP contribution >= 0.6 is 0 Å². The monoisotopic (exact) mass is 447 g/mol.